The molecule has 0 aromatic heterocycles. The van der Waals surface area contributed by atoms with Crippen LogP contribution in [0.5, 0.6) is 0 Å². The quantitative estimate of drug-likeness (QED) is 0.0102. The highest BCUT2D eigenvalue weighted by Crippen LogP contribution is 2.47. The van der Waals surface area contributed by atoms with Gasteiger partial charge in [0.15, 0.2) is 6.10 Å². The first-order valence-corrected chi connectivity index (χ1v) is 25.0. The van der Waals surface area contributed by atoms with E-state index in [1.54, 1.807) is 6.08 Å². The number of hydrogen-bond acceptors (Lipinski definition) is 13. The van der Waals surface area contributed by atoms with Crippen LogP contribution in [0.3, 0.4) is 0 Å². The summed E-state index contributed by atoms with van der Waals surface area (Å²) in [6, 6.07) is 0. The summed E-state index contributed by atoms with van der Waals surface area (Å²) in [5.74, 6) is -1.24. The van der Waals surface area contributed by atoms with E-state index in [4.69, 9.17) is 18.5 Å². The minimum absolute atomic E-state index is 0.0499. The van der Waals surface area contributed by atoms with Crippen molar-refractivity contribution in [3.63, 3.8) is 0 Å². The summed E-state index contributed by atoms with van der Waals surface area (Å²) in [6.07, 6.45) is 32.6. The Balaban J connectivity index is 2.54. The van der Waals surface area contributed by atoms with Crippen LogP contribution in [0.1, 0.15) is 149 Å². The molecule has 7 atom stereocenters. The van der Waals surface area contributed by atoms with E-state index < -0.39 is 81.8 Å². The lowest BCUT2D eigenvalue weighted by atomic mass is 9.85. The van der Waals surface area contributed by atoms with Crippen LogP contribution in [0.25, 0.3) is 0 Å². The molecule has 1 rings (SSSR count). The van der Waals surface area contributed by atoms with Gasteiger partial charge in [-0.25, -0.2) is 4.57 Å². The van der Waals surface area contributed by atoms with E-state index in [0.717, 1.165) is 57.8 Å². The Bertz CT molecular complexity index is 1460. The molecule has 1 aliphatic rings. The van der Waals surface area contributed by atoms with E-state index in [1.165, 1.54) is 38.5 Å². The molecular weight excluding hydrogens is 843 g/mol. The molecule has 0 spiro atoms. The Labute approximate surface area is 382 Å². The molecule has 0 amide bonds. The number of aliphatic hydroxyl groups is 6. The van der Waals surface area contributed by atoms with Crippen molar-refractivity contribution in [2.75, 3.05) is 13.2 Å². The number of phosphoric ester groups is 1. The molecule has 7 N–H and O–H groups in total. The van der Waals surface area contributed by atoms with Gasteiger partial charge in [-0.05, 0) is 70.6 Å². The summed E-state index contributed by atoms with van der Waals surface area (Å²) in [5.41, 5.74) is 0. The van der Waals surface area contributed by atoms with Crippen LogP contribution in [0.4, 0.5) is 0 Å². The number of rotatable bonds is 37. The molecule has 366 valence electrons. The molecule has 0 aromatic carbocycles. The van der Waals surface area contributed by atoms with Gasteiger partial charge in [-0.15, -0.1) is 0 Å². The summed E-state index contributed by atoms with van der Waals surface area (Å²) in [7, 11) is -5.16. The highest BCUT2D eigenvalue weighted by molar-refractivity contribution is 7.47. The first kappa shape index (κ1) is 59.0. The van der Waals surface area contributed by atoms with Gasteiger partial charge in [0.1, 0.15) is 43.2 Å². The Morgan fingerprint density at radius 3 is 1.72 bits per heavy atom. The molecule has 0 heterocycles. The van der Waals surface area contributed by atoms with E-state index in [1.807, 2.05) is 54.7 Å². The lowest BCUT2D eigenvalue weighted by Crippen LogP contribution is -2.64. The SMILES string of the molecule is CC/C=C\CC(O)/C=C\C=C/C/C=C\C/C=C\C/C=C\CCC(=O)OC(COC(=O)CCCCCCC/C=C\CCCCCCCC)COP(=O)(O)OC1C(O)C(O)C(O)C(O)C1O. The van der Waals surface area contributed by atoms with Crippen LogP contribution in [-0.2, 0) is 32.7 Å². The van der Waals surface area contributed by atoms with Crippen molar-refractivity contribution < 1.29 is 68.2 Å². The molecule has 64 heavy (non-hydrogen) atoms. The van der Waals surface area contributed by atoms with Crippen molar-refractivity contribution in [3.05, 3.63) is 85.1 Å². The fraction of sp³-hybridized carbons (Fsp3) is 0.673. The highest BCUT2D eigenvalue weighted by atomic mass is 31.2. The minimum atomic E-state index is -5.16. The average molecular weight is 925 g/mol. The molecule has 0 aromatic rings. The van der Waals surface area contributed by atoms with Crippen LogP contribution in [0.2, 0.25) is 0 Å². The smallest absolute Gasteiger partial charge is 0.462 e. The highest BCUT2D eigenvalue weighted by Gasteiger charge is 2.51. The standard InChI is InChI=1S/C49H81O14P/c1-3-5-7-8-9-10-11-12-13-16-19-22-25-28-32-36-42(51)60-38-41(39-61-64(58,59)63-49-47(56)45(54)44(53)46(55)48(49)57)62-43(52)37-33-29-26-23-20-17-14-15-18-21-24-27-31-35-40(50)34-30-6-4-2/h6,12-13,15,17-18,20,24,26-27,29-31,35,40-41,44-50,53-57H,3-5,7-11,14,16,19,21-23,25,28,32-34,36-39H2,1-2H3,(H,58,59)/b13-12-,18-15-,20-17-,27-24-,29-26-,30-6-,35-31-. The fourth-order valence-corrected chi connectivity index (χ4v) is 7.48. The van der Waals surface area contributed by atoms with Crippen molar-refractivity contribution in [3.8, 4) is 0 Å². The minimum Gasteiger partial charge on any atom is -0.462 e. The monoisotopic (exact) mass is 925 g/mol. The molecule has 7 unspecified atom stereocenters. The number of unbranched alkanes of at least 4 members (excludes halogenated alkanes) is 11. The molecule has 14 nitrogen and oxygen atoms in total. The maximum atomic E-state index is 12.8. The maximum absolute atomic E-state index is 12.8. The summed E-state index contributed by atoms with van der Waals surface area (Å²) in [4.78, 5) is 35.7. The number of carbonyl (C=O) groups excluding carboxylic acids is 2. The van der Waals surface area contributed by atoms with Crippen LogP contribution in [0.15, 0.2) is 85.1 Å². The van der Waals surface area contributed by atoms with Crippen LogP contribution < -0.4 is 0 Å². The number of esters is 2. The normalized spacial score (nSPS) is 22.8. The van der Waals surface area contributed by atoms with Crippen LogP contribution in [0, 0.1) is 0 Å². The van der Waals surface area contributed by atoms with E-state index in [-0.39, 0.29) is 12.8 Å². The van der Waals surface area contributed by atoms with Gasteiger partial charge in [-0.1, -0.05) is 150 Å². The number of ether oxygens (including phenoxy) is 2. The Hall–Kier alpha value is -3.01. The molecule has 0 aliphatic heterocycles. The molecule has 1 aliphatic carbocycles. The molecule has 1 fully saturated rings. The van der Waals surface area contributed by atoms with Crippen molar-refractivity contribution in [1.82, 2.24) is 0 Å². The third-order valence-electron chi connectivity index (χ3n) is 10.3. The zero-order chi connectivity index (χ0) is 47.3. The molecule has 0 radical (unpaired) electrons. The Kier molecular flexibility index (Phi) is 35.2. The van der Waals surface area contributed by atoms with E-state index >= 15 is 0 Å². The van der Waals surface area contributed by atoms with Crippen molar-refractivity contribution in [1.29, 1.82) is 0 Å². The number of carbonyl (C=O) groups is 2. The predicted molar refractivity (Wildman–Crippen MR) is 250 cm³/mol. The van der Waals surface area contributed by atoms with Gasteiger partial charge in [0.25, 0.3) is 0 Å². The molecule has 0 bridgehead atoms. The lowest BCUT2D eigenvalue weighted by Gasteiger charge is -2.41. The third-order valence-corrected chi connectivity index (χ3v) is 11.3. The molecular formula is C49H81O14P. The topological polar surface area (TPSA) is 230 Å². The molecule has 0 saturated heterocycles. The van der Waals surface area contributed by atoms with Crippen molar-refractivity contribution >= 4 is 19.8 Å². The van der Waals surface area contributed by atoms with Gasteiger partial charge in [0.05, 0.1) is 12.7 Å². The van der Waals surface area contributed by atoms with Crippen molar-refractivity contribution in [2.24, 2.45) is 0 Å². The second-order valence-electron chi connectivity index (χ2n) is 16.1. The predicted octanol–water partition coefficient (Wildman–Crippen LogP) is 8.25. The van der Waals surface area contributed by atoms with Gasteiger partial charge in [0, 0.05) is 12.8 Å². The first-order chi connectivity index (χ1) is 30.8. The summed E-state index contributed by atoms with van der Waals surface area (Å²) in [6.45, 7) is 3.01. The second kappa shape index (κ2) is 38.1. The van der Waals surface area contributed by atoms with Gasteiger partial charge in [-0.3, -0.25) is 18.6 Å². The maximum Gasteiger partial charge on any atom is 0.472 e. The van der Waals surface area contributed by atoms with E-state index in [9.17, 15) is 49.7 Å². The van der Waals surface area contributed by atoms with E-state index in [0.29, 0.717) is 25.7 Å². The zero-order valence-corrected chi connectivity index (χ0v) is 39.3. The van der Waals surface area contributed by atoms with Gasteiger partial charge < -0.3 is 45.0 Å². The van der Waals surface area contributed by atoms with Crippen LogP contribution in [-0.4, -0.2) is 110 Å². The average Bonchev–Trinajstić information content (AvgIpc) is 3.27. The van der Waals surface area contributed by atoms with Gasteiger partial charge in [0.2, 0.25) is 0 Å². The summed E-state index contributed by atoms with van der Waals surface area (Å²) >= 11 is 0. The van der Waals surface area contributed by atoms with Crippen molar-refractivity contribution in [2.45, 2.75) is 198 Å². The Morgan fingerprint density at radius 2 is 1.11 bits per heavy atom. The first-order valence-electron chi connectivity index (χ1n) is 23.5. The molecule has 15 heteroatoms. The van der Waals surface area contributed by atoms with E-state index in [2.05, 4.69) is 38.2 Å². The number of hydrogen-bond donors (Lipinski definition) is 7. The largest absolute Gasteiger partial charge is 0.472 e. The van der Waals surface area contributed by atoms with Gasteiger partial charge in [-0.2, -0.15) is 0 Å². The fourth-order valence-electron chi connectivity index (χ4n) is 6.51. The third kappa shape index (κ3) is 30.2. The zero-order valence-electron chi connectivity index (χ0n) is 38.4. The Morgan fingerprint density at radius 1 is 0.578 bits per heavy atom. The number of aliphatic hydroxyl groups excluding tert-OH is 6. The molecule has 1 saturated carbocycles. The number of phosphoric acid groups is 1. The second-order valence-corrected chi connectivity index (χ2v) is 17.5. The lowest BCUT2D eigenvalue weighted by molar-refractivity contribution is -0.220. The van der Waals surface area contributed by atoms with Crippen LogP contribution >= 0.6 is 7.82 Å². The summed E-state index contributed by atoms with van der Waals surface area (Å²) < 4.78 is 33.4. The number of allylic oxidation sites excluding steroid dienone is 12. The van der Waals surface area contributed by atoms with Gasteiger partial charge >= 0.3 is 19.8 Å². The summed E-state index contributed by atoms with van der Waals surface area (Å²) in [5, 5.41) is 60.0.